The predicted molar refractivity (Wildman–Crippen MR) is 79.9 cm³/mol. The molecule has 0 atom stereocenters. The summed E-state index contributed by atoms with van der Waals surface area (Å²) < 4.78 is 0.766. The molecule has 0 unspecified atom stereocenters. The lowest BCUT2D eigenvalue weighted by Crippen LogP contribution is -2.02. The van der Waals surface area contributed by atoms with E-state index in [2.05, 4.69) is 21.2 Å². The van der Waals surface area contributed by atoms with Crippen molar-refractivity contribution in [3.05, 3.63) is 63.1 Å². The van der Waals surface area contributed by atoms with Gasteiger partial charge in [-0.1, -0.05) is 39.7 Å². The average Bonchev–Trinajstić information content (AvgIpc) is 2.37. The molecule has 0 aromatic heterocycles. The Morgan fingerprint density at radius 2 is 2.05 bits per heavy atom. The maximum Gasteiger partial charge on any atom is 0.335 e. The summed E-state index contributed by atoms with van der Waals surface area (Å²) in [5, 5.41) is 12.8. The Hall–Kier alpha value is -1.52. The van der Waals surface area contributed by atoms with Crippen molar-refractivity contribution in [2.45, 2.75) is 6.54 Å². The number of aromatic carboxylic acids is 1. The van der Waals surface area contributed by atoms with Gasteiger partial charge in [0.05, 0.1) is 5.56 Å². The third-order valence-electron chi connectivity index (χ3n) is 2.61. The molecule has 0 saturated heterocycles. The fraction of sp³-hybridized carbons (Fsp3) is 0.0714. The van der Waals surface area contributed by atoms with E-state index in [4.69, 9.17) is 16.7 Å². The minimum atomic E-state index is -0.935. The van der Waals surface area contributed by atoms with Gasteiger partial charge in [-0.15, -0.1) is 0 Å². The lowest BCUT2D eigenvalue weighted by Gasteiger charge is -2.09. The van der Waals surface area contributed by atoms with Gasteiger partial charge in [-0.3, -0.25) is 0 Å². The van der Waals surface area contributed by atoms with Crippen molar-refractivity contribution in [1.82, 2.24) is 0 Å². The normalized spacial score (nSPS) is 10.2. The van der Waals surface area contributed by atoms with E-state index in [-0.39, 0.29) is 5.56 Å². The van der Waals surface area contributed by atoms with Gasteiger partial charge < -0.3 is 10.4 Å². The fourth-order valence-corrected chi connectivity index (χ4v) is 2.33. The maximum atomic E-state index is 10.8. The first kappa shape index (κ1) is 13.9. The lowest BCUT2D eigenvalue weighted by molar-refractivity contribution is 0.0697. The van der Waals surface area contributed by atoms with Gasteiger partial charge in [-0.25, -0.2) is 4.79 Å². The first-order valence-electron chi connectivity index (χ1n) is 5.57. The molecule has 2 N–H and O–H groups in total. The van der Waals surface area contributed by atoms with Gasteiger partial charge in [0.25, 0.3) is 0 Å². The van der Waals surface area contributed by atoms with Crippen molar-refractivity contribution >= 4 is 39.2 Å². The van der Waals surface area contributed by atoms with Crippen LogP contribution in [0.5, 0.6) is 0 Å². The number of carbonyl (C=O) groups is 1. The molecule has 0 aliphatic carbocycles. The predicted octanol–water partition coefficient (Wildman–Crippen LogP) is 4.41. The van der Waals surface area contributed by atoms with Crippen molar-refractivity contribution in [3.8, 4) is 0 Å². The number of carboxylic acid groups (broad SMARTS) is 1. The molecule has 0 heterocycles. The topological polar surface area (TPSA) is 49.3 Å². The molecule has 19 heavy (non-hydrogen) atoms. The highest BCUT2D eigenvalue weighted by Crippen LogP contribution is 2.21. The number of carboxylic acids is 1. The van der Waals surface area contributed by atoms with E-state index in [1.54, 1.807) is 18.2 Å². The van der Waals surface area contributed by atoms with E-state index >= 15 is 0 Å². The minimum Gasteiger partial charge on any atom is -0.478 e. The van der Waals surface area contributed by atoms with Crippen LogP contribution in [-0.2, 0) is 6.54 Å². The van der Waals surface area contributed by atoms with E-state index in [9.17, 15) is 4.79 Å². The van der Waals surface area contributed by atoms with Gasteiger partial charge in [0.15, 0.2) is 0 Å². The third kappa shape index (κ3) is 3.72. The molecule has 98 valence electrons. The fourth-order valence-electron chi connectivity index (χ4n) is 1.62. The number of rotatable bonds is 4. The Morgan fingerprint density at radius 3 is 2.68 bits per heavy atom. The second kappa shape index (κ2) is 6.08. The Bertz CT molecular complexity index is 616. The quantitative estimate of drug-likeness (QED) is 0.866. The van der Waals surface area contributed by atoms with E-state index < -0.39 is 5.97 Å². The van der Waals surface area contributed by atoms with Crippen LogP contribution in [0.25, 0.3) is 0 Å². The zero-order valence-corrected chi connectivity index (χ0v) is 12.2. The molecule has 0 amide bonds. The number of hydrogen-bond acceptors (Lipinski definition) is 2. The van der Waals surface area contributed by atoms with Crippen LogP contribution < -0.4 is 5.32 Å². The first-order chi connectivity index (χ1) is 9.06. The highest BCUT2D eigenvalue weighted by atomic mass is 79.9. The summed E-state index contributed by atoms with van der Waals surface area (Å²) >= 11 is 9.27. The van der Waals surface area contributed by atoms with Gasteiger partial charge >= 0.3 is 5.97 Å². The highest BCUT2D eigenvalue weighted by Gasteiger charge is 2.06. The van der Waals surface area contributed by atoms with E-state index in [1.165, 1.54) is 0 Å². The second-order valence-corrected chi connectivity index (χ2v) is 5.27. The van der Waals surface area contributed by atoms with Crippen molar-refractivity contribution in [1.29, 1.82) is 0 Å². The Balaban J connectivity index is 2.10. The molecular weight excluding hydrogens is 330 g/mol. The van der Waals surface area contributed by atoms with Crippen LogP contribution in [0.4, 0.5) is 5.69 Å². The van der Waals surface area contributed by atoms with Crippen LogP contribution in [0.15, 0.2) is 46.9 Å². The Morgan fingerprint density at radius 1 is 1.26 bits per heavy atom. The summed E-state index contributed by atoms with van der Waals surface area (Å²) in [6.07, 6.45) is 0. The van der Waals surface area contributed by atoms with Crippen LogP contribution in [-0.4, -0.2) is 11.1 Å². The van der Waals surface area contributed by atoms with Gasteiger partial charge in [0.1, 0.15) is 0 Å². The summed E-state index contributed by atoms with van der Waals surface area (Å²) in [4.78, 5) is 10.8. The zero-order valence-electron chi connectivity index (χ0n) is 9.86. The average molecular weight is 341 g/mol. The number of benzene rings is 2. The summed E-state index contributed by atoms with van der Waals surface area (Å²) in [7, 11) is 0. The van der Waals surface area contributed by atoms with Crippen molar-refractivity contribution in [3.63, 3.8) is 0 Å². The summed E-state index contributed by atoms with van der Waals surface area (Å²) in [6.45, 7) is 0.584. The molecule has 5 heteroatoms. The molecule has 0 bridgehead atoms. The smallest absolute Gasteiger partial charge is 0.335 e. The van der Waals surface area contributed by atoms with Crippen molar-refractivity contribution in [2.24, 2.45) is 0 Å². The van der Waals surface area contributed by atoms with Crippen molar-refractivity contribution < 1.29 is 9.90 Å². The number of anilines is 1. The Labute approximate surface area is 124 Å². The molecule has 0 aliphatic rings. The molecule has 2 rings (SSSR count). The maximum absolute atomic E-state index is 10.8. The highest BCUT2D eigenvalue weighted by molar-refractivity contribution is 9.10. The van der Waals surface area contributed by atoms with Crippen LogP contribution in [0.2, 0.25) is 5.02 Å². The van der Waals surface area contributed by atoms with E-state index in [0.717, 1.165) is 15.7 Å². The molecule has 3 nitrogen and oxygen atoms in total. The van der Waals surface area contributed by atoms with Crippen LogP contribution >= 0.6 is 27.5 Å². The van der Waals surface area contributed by atoms with Crippen LogP contribution in [0, 0.1) is 0 Å². The molecule has 2 aromatic rings. The lowest BCUT2D eigenvalue weighted by atomic mass is 10.1. The number of hydrogen-bond donors (Lipinski definition) is 2. The summed E-state index contributed by atoms with van der Waals surface area (Å²) in [5.41, 5.74) is 2.16. The van der Waals surface area contributed by atoms with Gasteiger partial charge in [-0.05, 0) is 35.9 Å². The van der Waals surface area contributed by atoms with Gasteiger partial charge in [0, 0.05) is 21.7 Å². The summed E-state index contributed by atoms with van der Waals surface area (Å²) in [6, 6.07) is 12.4. The zero-order chi connectivity index (χ0) is 13.8. The summed E-state index contributed by atoms with van der Waals surface area (Å²) in [5.74, 6) is -0.935. The molecule has 2 aromatic carbocycles. The van der Waals surface area contributed by atoms with Gasteiger partial charge in [0.2, 0.25) is 0 Å². The number of nitrogens with one attached hydrogen (secondary N) is 1. The van der Waals surface area contributed by atoms with Gasteiger partial charge in [-0.2, -0.15) is 0 Å². The molecule has 0 aliphatic heterocycles. The monoisotopic (exact) mass is 339 g/mol. The third-order valence-corrected chi connectivity index (χ3v) is 3.58. The van der Waals surface area contributed by atoms with Crippen LogP contribution in [0.1, 0.15) is 15.9 Å². The van der Waals surface area contributed by atoms with Crippen LogP contribution in [0.3, 0.4) is 0 Å². The molecule has 0 fully saturated rings. The Kier molecular flexibility index (Phi) is 4.45. The second-order valence-electron chi connectivity index (χ2n) is 3.98. The number of halogens is 2. The minimum absolute atomic E-state index is 0.262. The molecule has 0 saturated carbocycles. The SMILES string of the molecule is O=C(O)c1ccc(CNc2cccc(Cl)c2)c(Br)c1. The van der Waals surface area contributed by atoms with Crippen molar-refractivity contribution in [2.75, 3.05) is 5.32 Å². The van der Waals surface area contributed by atoms with E-state index in [1.807, 2.05) is 24.3 Å². The van der Waals surface area contributed by atoms with E-state index in [0.29, 0.717) is 11.6 Å². The molecule has 0 radical (unpaired) electrons. The standard InChI is InChI=1S/C14H11BrClNO2/c15-13-6-9(14(18)19)4-5-10(13)8-17-12-3-1-2-11(16)7-12/h1-7,17H,8H2,(H,18,19). The molecular formula is C14H11BrClNO2. The molecule has 0 spiro atoms. The largest absolute Gasteiger partial charge is 0.478 e. The first-order valence-corrected chi connectivity index (χ1v) is 6.74.